The van der Waals surface area contributed by atoms with Gasteiger partial charge in [0, 0.05) is 24.2 Å². The largest absolute Gasteiger partial charge is 0.354 e. The van der Waals surface area contributed by atoms with Crippen LogP contribution in [0.1, 0.15) is 19.3 Å². The molecule has 0 atom stereocenters. The van der Waals surface area contributed by atoms with Crippen molar-refractivity contribution in [3.05, 3.63) is 42.7 Å². The third-order valence-electron chi connectivity index (χ3n) is 3.86. The molecule has 1 heterocycles. The highest BCUT2D eigenvalue weighted by Gasteiger charge is 2.24. The van der Waals surface area contributed by atoms with Gasteiger partial charge in [-0.3, -0.25) is 9.48 Å². The fraction of sp³-hybridized carbons (Fsp3) is 0.375. The Hall–Kier alpha value is -2.10. The van der Waals surface area contributed by atoms with Crippen molar-refractivity contribution in [2.24, 2.45) is 5.92 Å². The van der Waals surface area contributed by atoms with Gasteiger partial charge in [-0.15, -0.1) is 0 Å². The smallest absolute Gasteiger partial charge is 0.223 e. The van der Waals surface area contributed by atoms with Crippen molar-refractivity contribution in [3.8, 4) is 11.1 Å². The first-order chi connectivity index (χ1) is 9.83. The van der Waals surface area contributed by atoms with Gasteiger partial charge in [0.15, 0.2) is 0 Å². The van der Waals surface area contributed by atoms with Crippen LogP contribution in [0.5, 0.6) is 0 Å². The van der Waals surface area contributed by atoms with Crippen molar-refractivity contribution in [1.82, 2.24) is 15.1 Å². The molecule has 0 saturated heterocycles. The molecule has 1 fully saturated rings. The molecule has 4 nitrogen and oxygen atoms in total. The number of carbonyl (C=O) groups excluding carboxylic acids is 1. The average molecular weight is 269 g/mol. The van der Waals surface area contributed by atoms with E-state index in [4.69, 9.17) is 0 Å². The highest BCUT2D eigenvalue weighted by Crippen LogP contribution is 2.26. The third kappa shape index (κ3) is 2.90. The first-order valence-corrected chi connectivity index (χ1v) is 7.18. The van der Waals surface area contributed by atoms with Gasteiger partial charge in [-0.2, -0.15) is 5.10 Å². The minimum atomic E-state index is 0.201. The van der Waals surface area contributed by atoms with Crippen molar-refractivity contribution in [3.63, 3.8) is 0 Å². The molecule has 0 bridgehead atoms. The molecule has 2 aromatic rings. The summed E-state index contributed by atoms with van der Waals surface area (Å²) in [6, 6.07) is 10.2. The molecular formula is C16H19N3O. The van der Waals surface area contributed by atoms with Gasteiger partial charge in [0.05, 0.1) is 12.7 Å². The van der Waals surface area contributed by atoms with Crippen LogP contribution in [0.2, 0.25) is 0 Å². The predicted molar refractivity (Wildman–Crippen MR) is 78.0 cm³/mol. The van der Waals surface area contributed by atoms with Crippen LogP contribution in [0.25, 0.3) is 11.1 Å². The van der Waals surface area contributed by atoms with Crippen LogP contribution in [0.4, 0.5) is 0 Å². The summed E-state index contributed by atoms with van der Waals surface area (Å²) in [5.74, 6) is 0.458. The van der Waals surface area contributed by atoms with E-state index in [0.717, 1.165) is 24.0 Å². The SMILES string of the molecule is O=C(NCCn1cc(-c2ccccc2)cn1)C1CCC1. The number of amides is 1. The van der Waals surface area contributed by atoms with E-state index in [-0.39, 0.29) is 11.8 Å². The third-order valence-corrected chi connectivity index (χ3v) is 3.86. The minimum absolute atomic E-state index is 0.201. The number of nitrogens with zero attached hydrogens (tertiary/aromatic N) is 2. The second-order valence-electron chi connectivity index (χ2n) is 5.28. The first kappa shape index (κ1) is 12.9. The van der Waals surface area contributed by atoms with E-state index in [9.17, 15) is 4.79 Å². The maximum Gasteiger partial charge on any atom is 0.223 e. The van der Waals surface area contributed by atoms with E-state index in [1.54, 1.807) is 0 Å². The Labute approximate surface area is 118 Å². The number of rotatable bonds is 5. The number of aromatic nitrogens is 2. The summed E-state index contributed by atoms with van der Waals surface area (Å²) >= 11 is 0. The Kier molecular flexibility index (Phi) is 3.81. The van der Waals surface area contributed by atoms with E-state index in [1.165, 1.54) is 6.42 Å². The molecule has 1 aliphatic carbocycles. The lowest BCUT2D eigenvalue weighted by molar-refractivity contribution is -0.127. The molecule has 20 heavy (non-hydrogen) atoms. The van der Waals surface area contributed by atoms with Gasteiger partial charge in [-0.1, -0.05) is 36.8 Å². The quantitative estimate of drug-likeness (QED) is 0.906. The molecule has 4 heteroatoms. The van der Waals surface area contributed by atoms with Crippen LogP contribution >= 0.6 is 0 Å². The highest BCUT2D eigenvalue weighted by molar-refractivity contribution is 5.79. The zero-order chi connectivity index (χ0) is 13.8. The number of hydrogen-bond donors (Lipinski definition) is 1. The molecule has 3 rings (SSSR count). The molecule has 1 amide bonds. The standard InChI is InChI=1S/C16H19N3O/c20-16(14-7-4-8-14)17-9-10-19-12-15(11-18-19)13-5-2-1-3-6-13/h1-3,5-6,11-12,14H,4,7-10H2,(H,17,20). The monoisotopic (exact) mass is 269 g/mol. The van der Waals surface area contributed by atoms with Gasteiger partial charge >= 0.3 is 0 Å². The van der Waals surface area contributed by atoms with Crippen molar-refractivity contribution < 1.29 is 4.79 Å². The van der Waals surface area contributed by atoms with Crippen molar-refractivity contribution in [2.75, 3.05) is 6.54 Å². The highest BCUT2D eigenvalue weighted by atomic mass is 16.1. The number of hydrogen-bond acceptors (Lipinski definition) is 2. The maximum atomic E-state index is 11.7. The van der Waals surface area contributed by atoms with Gasteiger partial charge < -0.3 is 5.32 Å². The second kappa shape index (κ2) is 5.90. The molecule has 0 unspecified atom stereocenters. The van der Waals surface area contributed by atoms with E-state index in [0.29, 0.717) is 13.1 Å². The van der Waals surface area contributed by atoms with Crippen LogP contribution in [0.3, 0.4) is 0 Å². The van der Waals surface area contributed by atoms with Gasteiger partial charge in [0.25, 0.3) is 0 Å². The Morgan fingerprint density at radius 3 is 2.75 bits per heavy atom. The summed E-state index contributed by atoms with van der Waals surface area (Å²) in [5, 5.41) is 7.32. The average Bonchev–Trinajstić information content (AvgIpc) is 2.86. The molecule has 104 valence electrons. The van der Waals surface area contributed by atoms with Crippen molar-refractivity contribution in [2.45, 2.75) is 25.8 Å². The molecule has 1 aromatic carbocycles. The van der Waals surface area contributed by atoms with Crippen LogP contribution in [-0.2, 0) is 11.3 Å². The topological polar surface area (TPSA) is 46.9 Å². The number of carbonyl (C=O) groups is 1. The van der Waals surface area contributed by atoms with Crippen LogP contribution in [-0.4, -0.2) is 22.2 Å². The molecule has 1 aromatic heterocycles. The van der Waals surface area contributed by atoms with Crippen LogP contribution in [0.15, 0.2) is 42.7 Å². The normalized spacial score (nSPS) is 14.8. The number of benzene rings is 1. The first-order valence-electron chi connectivity index (χ1n) is 7.18. The Morgan fingerprint density at radius 1 is 1.25 bits per heavy atom. The Bertz CT molecular complexity index is 572. The van der Waals surface area contributed by atoms with Crippen molar-refractivity contribution in [1.29, 1.82) is 0 Å². The second-order valence-corrected chi connectivity index (χ2v) is 5.28. The molecular weight excluding hydrogens is 250 g/mol. The zero-order valence-corrected chi connectivity index (χ0v) is 11.5. The lowest BCUT2D eigenvalue weighted by Crippen LogP contribution is -2.36. The molecule has 0 spiro atoms. The summed E-state index contributed by atoms with van der Waals surface area (Å²) in [4.78, 5) is 11.7. The van der Waals surface area contributed by atoms with Crippen molar-refractivity contribution >= 4 is 5.91 Å². The summed E-state index contributed by atoms with van der Waals surface area (Å²) in [6.07, 6.45) is 7.17. The van der Waals surface area contributed by atoms with E-state index in [1.807, 2.05) is 35.3 Å². The Balaban J connectivity index is 1.51. The van der Waals surface area contributed by atoms with E-state index >= 15 is 0 Å². The zero-order valence-electron chi connectivity index (χ0n) is 11.5. The lowest BCUT2D eigenvalue weighted by atomic mass is 9.85. The molecule has 1 saturated carbocycles. The molecule has 0 aliphatic heterocycles. The summed E-state index contributed by atoms with van der Waals surface area (Å²) in [7, 11) is 0. The summed E-state index contributed by atoms with van der Waals surface area (Å²) in [6.45, 7) is 1.36. The predicted octanol–water partition coefficient (Wildman–Crippen LogP) is 2.47. The van der Waals surface area contributed by atoms with Gasteiger partial charge in [0.1, 0.15) is 0 Å². The molecule has 1 aliphatic rings. The van der Waals surface area contributed by atoms with E-state index in [2.05, 4.69) is 22.5 Å². The number of nitrogens with one attached hydrogen (secondary N) is 1. The van der Waals surface area contributed by atoms with Crippen LogP contribution in [0, 0.1) is 5.92 Å². The fourth-order valence-electron chi connectivity index (χ4n) is 2.37. The fourth-order valence-corrected chi connectivity index (χ4v) is 2.37. The Morgan fingerprint density at radius 2 is 2.05 bits per heavy atom. The minimum Gasteiger partial charge on any atom is -0.354 e. The van der Waals surface area contributed by atoms with Crippen LogP contribution < -0.4 is 5.32 Å². The molecule has 1 N–H and O–H groups in total. The van der Waals surface area contributed by atoms with Gasteiger partial charge in [0.2, 0.25) is 5.91 Å². The summed E-state index contributed by atoms with van der Waals surface area (Å²) < 4.78 is 1.88. The van der Waals surface area contributed by atoms with E-state index < -0.39 is 0 Å². The lowest BCUT2D eigenvalue weighted by Gasteiger charge is -2.23. The van der Waals surface area contributed by atoms with Gasteiger partial charge in [-0.25, -0.2) is 0 Å². The maximum absolute atomic E-state index is 11.7. The molecule has 0 radical (unpaired) electrons. The summed E-state index contributed by atoms with van der Waals surface area (Å²) in [5.41, 5.74) is 2.27. The van der Waals surface area contributed by atoms with Gasteiger partial charge in [-0.05, 0) is 18.4 Å².